The maximum atomic E-state index is 12.9. The maximum Gasteiger partial charge on any atom is 0.322 e. The Morgan fingerprint density at radius 3 is 2.89 bits per heavy atom. The molecule has 144 valence electrons. The minimum Gasteiger partial charge on any atom is -0.494 e. The minimum absolute atomic E-state index is 0.0623. The average molecular weight is 394 g/mol. The zero-order valence-electron chi connectivity index (χ0n) is 15.8. The van der Waals surface area contributed by atoms with Gasteiger partial charge in [-0.05, 0) is 49.6 Å². The van der Waals surface area contributed by atoms with Gasteiger partial charge in [0.15, 0.2) is 0 Å². The lowest BCUT2D eigenvalue weighted by Crippen LogP contribution is -2.34. The number of amides is 2. The van der Waals surface area contributed by atoms with Gasteiger partial charge >= 0.3 is 6.03 Å². The summed E-state index contributed by atoms with van der Waals surface area (Å²) in [6, 6.07) is 15.9. The number of hydrogen-bond donors (Lipinski definition) is 1. The molecule has 3 aromatic rings. The Kier molecular flexibility index (Phi) is 5.58. The van der Waals surface area contributed by atoms with Crippen molar-refractivity contribution in [2.75, 3.05) is 18.5 Å². The van der Waals surface area contributed by atoms with E-state index in [1.807, 2.05) is 53.6 Å². The summed E-state index contributed by atoms with van der Waals surface area (Å²) in [5.74, 6) is 0.860. The number of nitrogens with one attached hydrogen (secondary N) is 1. The number of likely N-dealkylation sites (tertiary alicyclic amines) is 1. The number of anilines is 1. The van der Waals surface area contributed by atoms with Crippen molar-refractivity contribution in [2.24, 2.45) is 0 Å². The van der Waals surface area contributed by atoms with Crippen LogP contribution in [0, 0.1) is 0 Å². The van der Waals surface area contributed by atoms with Crippen LogP contribution in [0.5, 0.6) is 5.75 Å². The molecule has 2 heterocycles. The van der Waals surface area contributed by atoms with Crippen LogP contribution in [0.25, 0.3) is 10.6 Å². The van der Waals surface area contributed by atoms with Crippen LogP contribution in [0.1, 0.15) is 31.4 Å². The van der Waals surface area contributed by atoms with Crippen molar-refractivity contribution in [3.05, 3.63) is 65.7 Å². The fraction of sp³-hybridized carbons (Fsp3) is 0.273. The first-order chi connectivity index (χ1) is 13.7. The Bertz CT molecular complexity index is 925. The Hall–Kier alpha value is -2.86. The molecule has 1 unspecified atom stereocenters. The summed E-state index contributed by atoms with van der Waals surface area (Å²) < 4.78 is 5.52. The molecule has 0 bridgehead atoms. The molecule has 0 spiro atoms. The SMILES string of the molecule is CCOc1ccc(C2CCCN2C(=O)Nc2cccc(-c3nccs3)c2)cc1. The molecule has 1 saturated heterocycles. The highest BCUT2D eigenvalue weighted by molar-refractivity contribution is 7.13. The monoisotopic (exact) mass is 393 g/mol. The molecular formula is C22H23N3O2S. The summed E-state index contributed by atoms with van der Waals surface area (Å²) in [7, 11) is 0. The second-order valence-corrected chi connectivity index (χ2v) is 7.60. The highest BCUT2D eigenvalue weighted by atomic mass is 32.1. The summed E-state index contributed by atoms with van der Waals surface area (Å²) in [6.07, 6.45) is 3.77. The Morgan fingerprint density at radius 2 is 2.14 bits per heavy atom. The van der Waals surface area contributed by atoms with Crippen molar-refractivity contribution in [1.82, 2.24) is 9.88 Å². The standard InChI is InChI=1S/C22H23N3O2S/c1-2-27-19-10-8-16(9-11-19)20-7-4-13-25(20)22(26)24-18-6-3-5-17(15-18)21-23-12-14-28-21/h3,5-6,8-12,14-15,20H,2,4,7,13H2,1H3,(H,24,26). The first kappa shape index (κ1) is 18.5. The molecule has 0 saturated carbocycles. The number of rotatable bonds is 5. The van der Waals surface area contributed by atoms with Crippen molar-refractivity contribution in [3.8, 4) is 16.3 Å². The van der Waals surface area contributed by atoms with E-state index in [1.165, 1.54) is 0 Å². The second-order valence-electron chi connectivity index (χ2n) is 6.70. The van der Waals surface area contributed by atoms with Gasteiger partial charge in [0.1, 0.15) is 10.8 Å². The number of benzene rings is 2. The number of nitrogens with zero attached hydrogens (tertiary/aromatic N) is 2. The number of urea groups is 1. The first-order valence-corrected chi connectivity index (χ1v) is 10.4. The lowest BCUT2D eigenvalue weighted by molar-refractivity contribution is 0.207. The number of carbonyl (C=O) groups excluding carboxylic acids is 1. The van der Waals surface area contributed by atoms with Crippen LogP contribution < -0.4 is 10.1 Å². The molecule has 6 heteroatoms. The van der Waals surface area contributed by atoms with Crippen molar-refractivity contribution < 1.29 is 9.53 Å². The topological polar surface area (TPSA) is 54.5 Å². The zero-order valence-corrected chi connectivity index (χ0v) is 16.6. The molecule has 1 fully saturated rings. The van der Waals surface area contributed by atoms with Crippen LogP contribution in [0.2, 0.25) is 0 Å². The summed E-state index contributed by atoms with van der Waals surface area (Å²) in [4.78, 5) is 19.2. The van der Waals surface area contributed by atoms with Crippen LogP contribution in [0.4, 0.5) is 10.5 Å². The number of thiazole rings is 1. The highest BCUT2D eigenvalue weighted by Gasteiger charge is 2.30. The Balaban J connectivity index is 1.47. The van der Waals surface area contributed by atoms with Gasteiger partial charge in [-0.2, -0.15) is 0 Å². The van der Waals surface area contributed by atoms with Gasteiger partial charge in [0, 0.05) is 29.4 Å². The van der Waals surface area contributed by atoms with E-state index in [4.69, 9.17) is 4.74 Å². The summed E-state index contributed by atoms with van der Waals surface area (Å²) in [5, 5.41) is 5.96. The van der Waals surface area contributed by atoms with Gasteiger partial charge in [0.05, 0.1) is 12.6 Å². The van der Waals surface area contributed by atoms with Crippen LogP contribution in [-0.2, 0) is 0 Å². The molecule has 4 rings (SSSR count). The number of ether oxygens (including phenoxy) is 1. The first-order valence-electron chi connectivity index (χ1n) is 9.55. The number of aromatic nitrogens is 1. The van der Waals surface area contributed by atoms with Crippen molar-refractivity contribution >= 4 is 23.1 Å². The molecule has 1 aliphatic rings. The van der Waals surface area contributed by atoms with Crippen molar-refractivity contribution in [1.29, 1.82) is 0 Å². The molecule has 0 aliphatic carbocycles. The largest absolute Gasteiger partial charge is 0.494 e. The van der Waals surface area contributed by atoms with Gasteiger partial charge in [-0.15, -0.1) is 11.3 Å². The third kappa shape index (κ3) is 4.02. The summed E-state index contributed by atoms with van der Waals surface area (Å²) in [6.45, 7) is 3.38. The van der Waals surface area contributed by atoms with E-state index in [2.05, 4.69) is 22.4 Å². The smallest absolute Gasteiger partial charge is 0.322 e. The van der Waals surface area contributed by atoms with E-state index in [0.717, 1.165) is 47.0 Å². The quantitative estimate of drug-likeness (QED) is 0.616. The Labute approximate surface area is 169 Å². The van der Waals surface area contributed by atoms with E-state index < -0.39 is 0 Å². The van der Waals surface area contributed by atoms with Crippen LogP contribution in [0.3, 0.4) is 0 Å². The van der Waals surface area contributed by atoms with Crippen LogP contribution >= 0.6 is 11.3 Å². The molecule has 1 N–H and O–H groups in total. The van der Waals surface area contributed by atoms with Gasteiger partial charge in [0.2, 0.25) is 0 Å². The molecule has 5 nitrogen and oxygen atoms in total. The molecular weight excluding hydrogens is 370 g/mol. The van der Waals surface area contributed by atoms with Crippen molar-refractivity contribution in [3.63, 3.8) is 0 Å². The van der Waals surface area contributed by atoms with Gasteiger partial charge in [0.25, 0.3) is 0 Å². The van der Waals surface area contributed by atoms with Gasteiger partial charge < -0.3 is 15.0 Å². The van der Waals surface area contributed by atoms with E-state index >= 15 is 0 Å². The summed E-state index contributed by atoms with van der Waals surface area (Å²) in [5.41, 5.74) is 2.94. The molecule has 2 aromatic carbocycles. The third-order valence-corrected chi connectivity index (χ3v) is 5.70. The fourth-order valence-corrected chi connectivity index (χ4v) is 4.24. The molecule has 0 radical (unpaired) electrons. The lowest BCUT2D eigenvalue weighted by Gasteiger charge is -2.25. The van der Waals surface area contributed by atoms with Gasteiger partial charge in [-0.25, -0.2) is 9.78 Å². The minimum atomic E-state index is -0.0623. The third-order valence-electron chi connectivity index (χ3n) is 4.88. The van der Waals surface area contributed by atoms with Gasteiger partial charge in [-0.3, -0.25) is 0 Å². The summed E-state index contributed by atoms with van der Waals surface area (Å²) >= 11 is 1.59. The Morgan fingerprint density at radius 1 is 1.29 bits per heavy atom. The van der Waals surface area contributed by atoms with E-state index in [1.54, 1.807) is 17.5 Å². The number of carbonyl (C=O) groups is 1. The molecule has 1 atom stereocenters. The molecule has 1 aliphatic heterocycles. The van der Waals surface area contributed by atoms with E-state index in [9.17, 15) is 4.79 Å². The fourth-order valence-electron chi connectivity index (χ4n) is 3.60. The van der Waals surface area contributed by atoms with Crippen LogP contribution in [-0.4, -0.2) is 29.1 Å². The van der Waals surface area contributed by atoms with Crippen molar-refractivity contribution in [2.45, 2.75) is 25.8 Å². The predicted octanol–water partition coefficient (Wildman–Crippen LogP) is 5.58. The predicted molar refractivity (Wildman–Crippen MR) is 113 cm³/mol. The number of hydrogen-bond acceptors (Lipinski definition) is 4. The normalized spacial score (nSPS) is 16.2. The maximum absolute atomic E-state index is 12.9. The molecule has 2 amide bonds. The lowest BCUT2D eigenvalue weighted by atomic mass is 10.0. The van der Waals surface area contributed by atoms with E-state index in [0.29, 0.717) is 6.61 Å². The van der Waals surface area contributed by atoms with E-state index in [-0.39, 0.29) is 12.1 Å². The molecule has 1 aromatic heterocycles. The molecule has 28 heavy (non-hydrogen) atoms. The zero-order chi connectivity index (χ0) is 19.3. The van der Waals surface area contributed by atoms with Crippen LogP contribution in [0.15, 0.2) is 60.1 Å². The average Bonchev–Trinajstić information content (AvgIpc) is 3.41. The highest BCUT2D eigenvalue weighted by Crippen LogP contribution is 2.33. The van der Waals surface area contributed by atoms with Gasteiger partial charge in [-0.1, -0.05) is 24.3 Å². The second kappa shape index (κ2) is 8.44.